The summed E-state index contributed by atoms with van der Waals surface area (Å²) in [5.74, 6) is 0.547. The van der Waals surface area contributed by atoms with Crippen molar-refractivity contribution in [1.82, 2.24) is 5.32 Å². The lowest BCUT2D eigenvalue weighted by Gasteiger charge is -2.14. The first-order chi connectivity index (χ1) is 9.78. The monoisotopic (exact) mass is 355 g/mol. The van der Waals surface area contributed by atoms with Gasteiger partial charge < -0.3 is 15.2 Å². The highest BCUT2D eigenvalue weighted by Crippen LogP contribution is 2.27. The molecule has 21 heavy (non-hydrogen) atoms. The van der Waals surface area contributed by atoms with E-state index in [-0.39, 0.29) is 12.4 Å². The third-order valence-corrected chi connectivity index (χ3v) is 4.15. The molecular weight excluding hydrogens is 337 g/mol. The van der Waals surface area contributed by atoms with E-state index in [1.165, 1.54) is 6.26 Å². The molecule has 0 aliphatic rings. The molecule has 0 aromatic heterocycles. The van der Waals surface area contributed by atoms with Crippen LogP contribution < -0.4 is 10.1 Å². The number of aliphatic hydroxyl groups excluding tert-OH is 1. The first kappa shape index (κ1) is 18.5. The molecule has 1 rings (SSSR count). The van der Waals surface area contributed by atoms with Crippen molar-refractivity contribution in [2.45, 2.75) is 12.5 Å². The van der Waals surface area contributed by atoms with Gasteiger partial charge in [-0.15, -0.1) is 0 Å². The van der Waals surface area contributed by atoms with Crippen molar-refractivity contribution in [1.29, 1.82) is 0 Å². The molecule has 0 aliphatic carbocycles. The second kappa shape index (κ2) is 8.80. The highest BCUT2D eigenvalue weighted by atomic mass is 35.5. The number of ether oxygens (including phenoxy) is 1. The van der Waals surface area contributed by atoms with Gasteiger partial charge in [-0.3, -0.25) is 0 Å². The molecule has 0 saturated carbocycles. The van der Waals surface area contributed by atoms with Crippen LogP contribution in [0, 0.1) is 0 Å². The summed E-state index contributed by atoms with van der Waals surface area (Å²) in [6, 6.07) is 4.85. The van der Waals surface area contributed by atoms with Crippen LogP contribution in [0.1, 0.15) is 6.42 Å². The Labute approximate surface area is 135 Å². The molecule has 5 nitrogen and oxygen atoms in total. The van der Waals surface area contributed by atoms with Gasteiger partial charge in [0.2, 0.25) is 0 Å². The zero-order valence-electron chi connectivity index (χ0n) is 11.7. The molecule has 0 heterocycles. The van der Waals surface area contributed by atoms with Crippen molar-refractivity contribution in [3.05, 3.63) is 28.2 Å². The van der Waals surface area contributed by atoms with Crippen molar-refractivity contribution in [2.75, 3.05) is 31.7 Å². The summed E-state index contributed by atoms with van der Waals surface area (Å²) in [5, 5.41) is 13.6. The molecule has 0 saturated heterocycles. The van der Waals surface area contributed by atoms with E-state index in [0.717, 1.165) is 0 Å². The maximum absolute atomic E-state index is 10.9. The molecule has 0 radical (unpaired) electrons. The van der Waals surface area contributed by atoms with Crippen molar-refractivity contribution < 1.29 is 18.3 Å². The van der Waals surface area contributed by atoms with Gasteiger partial charge in [-0.1, -0.05) is 23.2 Å². The minimum Gasteiger partial charge on any atom is -0.489 e. The molecular formula is C13H19Cl2NO4S. The second-order valence-corrected chi connectivity index (χ2v) is 7.83. The molecule has 1 aromatic rings. The summed E-state index contributed by atoms with van der Waals surface area (Å²) in [4.78, 5) is 0. The van der Waals surface area contributed by atoms with Crippen molar-refractivity contribution in [3.63, 3.8) is 0 Å². The number of nitrogens with one attached hydrogen (secondary N) is 1. The van der Waals surface area contributed by atoms with E-state index in [0.29, 0.717) is 35.3 Å². The van der Waals surface area contributed by atoms with Gasteiger partial charge in [-0.05, 0) is 25.1 Å². The fourth-order valence-corrected chi connectivity index (χ4v) is 2.56. The van der Waals surface area contributed by atoms with Crippen LogP contribution in [0.25, 0.3) is 0 Å². The Balaban J connectivity index is 2.22. The number of sulfone groups is 1. The SMILES string of the molecule is CS(=O)(=O)CCCNCC(O)COc1cc(Cl)ccc1Cl. The van der Waals surface area contributed by atoms with Crippen LogP contribution in [0.15, 0.2) is 18.2 Å². The van der Waals surface area contributed by atoms with Gasteiger partial charge in [0.1, 0.15) is 28.3 Å². The largest absolute Gasteiger partial charge is 0.489 e. The minimum absolute atomic E-state index is 0.0686. The molecule has 0 fully saturated rings. The summed E-state index contributed by atoms with van der Waals surface area (Å²) in [6.45, 7) is 0.892. The van der Waals surface area contributed by atoms with Gasteiger partial charge in [0, 0.05) is 23.9 Å². The fraction of sp³-hybridized carbons (Fsp3) is 0.538. The van der Waals surface area contributed by atoms with Crippen molar-refractivity contribution >= 4 is 33.0 Å². The molecule has 1 atom stereocenters. The summed E-state index contributed by atoms with van der Waals surface area (Å²) >= 11 is 11.8. The van der Waals surface area contributed by atoms with Gasteiger partial charge in [-0.2, -0.15) is 0 Å². The highest BCUT2D eigenvalue weighted by molar-refractivity contribution is 7.90. The summed E-state index contributed by atoms with van der Waals surface area (Å²) in [5.41, 5.74) is 0. The van der Waals surface area contributed by atoms with Gasteiger partial charge in [-0.25, -0.2) is 8.42 Å². The number of aliphatic hydroxyl groups is 1. The first-order valence-electron chi connectivity index (χ1n) is 6.42. The van der Waals surface area contributed by atoms with Gasteiger partial charge in [0.25, 0.3) is 0 Å². The lowest BCUT2D eigenvalue weighted by atomic mass is 10.3. The molecule has 8 heteroatoms. The normalized spacial score (nSPS) is 13.1. The van der Waals surface area contributed by atoms with E-state index < -0.39 is 15.9 Å². The Morgan fingerprint density at radius 1 is 1.38 bits per heavy atom. The Kier molecular flexibility index (Phi) is 7.76. The van der Waals surface area contributed by atoms with Crippen molar-refractivity contribution in [2.24, 2.45) is 0 Å². The fourth-order valence-electron chi connectivity index (χ4n) is 1.56. The Bertz CT molecular complexity index is 551. The second-order valence-electron chi connectivity index (χ2n) is 4.73. The van der Waals surface area contributed by atoms with Crippen LogP contribution >= 0.6 is 23.2 Å². The molecule has 1 aromatic carbocycles. The van der Waals surface area contributed by atoms with Crippen LogP contribution in [-0.4, -0.2) is 51.3 Å². The molecule has 120 valence electrons. The third-order valence-electron chi connectivity index (χ3n) is 2.57. The van der Waals surface area contributed by atoms with Crippen LogP contribution in [0.2, 0.25) is 10.0 Å². The lowest BCUT2D eigenvalue weighted by Crippen LogP contribution is -2.32. The molecule has 1 unspecified atom stereocenters. The lowest BCUT2D eigenvalue weighted by molar-refractivity contribution is 0.106. The Hall–Kier alpha value is -0.530. The van der Waals surface area contributed by atoms with Crippen LogP contribution in [0.3, 0.4) is 0 Å². The summed E-state index contributed by atoms with van der Waals surface area (Å²) in [7, 11) is -2.93. The predicted molar refractivity (Wildman–Crippen MR) is 85.2 cm³/mol. The maximum atomic E-state index is 10.9. The average Bonchev–Trinajstić information content (AvgIpc) is 2.38. The van der Waals surface area contributed by atoms with Crippen molar-refractivity contribution in [3.8, 4) is 5.75 Å². The number of hydrogen-bond acceptors (Lipinski definition) is 5. The minimum atomic E-state index is -2.93. The average molecular weight is 356 g/mol. The zero-order valence-corrected chi connectivity index (χ0v) is 14.0. The zero-order chi connectivity index (χ0) is 15.9. The van der Waals surface area contributed by atoms with E-state index in [2.05, 4.69) is 5.32 Å². The van der Waals surface area contributed by atoms with Gasteiger partial charge in [0.15, 0.2) is 0 Å². The third kappa shape index (κ3) is 8.48. The van der Waals surface area contributed by atoms with E-state index in [1.54, 1.807) is 18.2 Å². The van der Waals surface area contributed by atoms with E-state index in [9.17, 15) is 13.5 Å². The molecule has 0 bridgehead atoms. The van der Waals surface area contributed by atoms with E-state index in [1.807, 2.05) is 0 Å². The summed E-state index contributed by atoms with van der Waals surface area (Å²) < 4.78 is 27.2. The van der Waals surface area contributed by atoms with Gasteiger partial charge in [0.05, 0.1) is 10.8 Å². The van der Waals surface area contributed by atoms with E-state index >= 15 is 0 Å². The summed E-state index contributed by atoms with van der Waals surface area (Å²) in [6.07, 6.45) is 0.981. The number of hydrogen-bond donors (Lipinski definition) is 2. The smallest absolute Gasteiger partial charge is 0.147 e. The Morgan fingerprint density at radius 2 is 2.10 bits per heavy atom. The highest BCUT2D eigenvalue weighted by Gasteiger charge is 2.08. The van der Waals surface area contributed by atoms with Gasteiger partial charge >= 0.3 is 0 Å². The van der Waals surface area contributed by atoms with Crippen LogP contribution in [-0.2, 0) is 9.84 Å². The van der Waals surface area contributed by atoms with Crippen LogP contribution in [0.5, 0.6) is 5.75 Å². The maximum Gasteiger partial charge on any atom is 0.147 e. The number of benzene rings is 1. The standard InChI is InChI=1S/C13H19Cl2NO4S/c1-21(18,19)6-2-5-16-8-11(17)9-20-13-7-10(14)3-4-12(13)15/h3-4,7,11,16-17H,2,5-6,8-9H2,1H3. The predicted octanol–water partition coefficient (Wildman–Crippen LogP) is 1.76. The molecule has 2 N–H and O–H groups in total. The first-order valence-corrected chi connectivity index (χ1v) is 9.24. The van der Waals surface area contributed by atoms with Crippen LogP contribution in [0.4, 0.5) is 0 Å². The number of rotatable bonds is 9. The Morgan fingerprint density at radius 3 is 2.76 bits per heavy atom. The number of halogens is 2. The topological polar surface area (TPSA) is 75.6 Å². The quantitative estimate of drug-likeness (QED) is 0.660. The molecule has 0 amide bonds. The van der Waals surface area contributed by atoms with E-state index in [4.69, 9.17) is 27.9 Å². The molecule has 0 spiro atoms. The molecule has 0 aliphatic heterocycles.